The molecule has 0 aliphatic carbocycles. The summed E-state index contributed by atoms with van der Waals surface area (Å²) in [7, 11) is 0. The van der Waals surface area contributed by atoms with Gasteiger partial charge in [-0.25, -0.2) is 9.97 Å². The van der Waals surface area contributed by atoms with Crippen LogP contribution in [0.5, 0.6) is 0 Å². The third-order valence-electron chi connectivity index (χ3n) is 1.92. The second-order valence-corrected chi connectivity index (χ2v) is 3.95. The Kier molecular flexibility index (Phi) is 2.79. The van der Waals surface area contributed by atoms with Gasteiger partial charge in [0, 0.05) is 23.7 Å². The van der Waals surface area contributed by atoms with E-state index in [-0.39, 0.29) is 6.61 Å². The van der Waals surface area contributed by atoms with Crippen molar-refractivity contribution in [3.8, 4) is 0 Å². The van der Waals surface area contributed by atoms with Crippen LogP contribution in [0.3, 0.4) is 0 Å². The molecule has 2 N–H and O–H groups in total. The van der Waals surface area contributed by atoms with E-state index in [1.165, 1.54) is 0 Å². The lowest BCUT2D eigenvalue weighted by molar-refractivity contribution is 0.287. The number of aromatic amines is 1. The summed E-state index contributed by atoms with van der Waals surface area (Å²) in [6, 6.07) is 1.94. The summed E-state index contributed by atoms with van der Waals surface area (Å²) in [6.07, 6.45) is 3.20. The smallest absolute Gasteiger partial charge is 0.177 e. The lowest BCUT2D eigenvalue weighted by atomic mass is 10.3. The van der Waals surface area contributed by atoms with Crippen LogP contribution in [0.2, 0.25) is 0 Å². The molecule has 2 rings (SSSR count). The highest BCUT2D eigenvalue weighted by molar-refractivity contribution is 9.10. The number of nitrogens with zero attached hydrogens (tertiary/aromatic N) is 2. The molecule has 0 spiro atoms. The molecule has 0 aliphatic rings. The molecular weight excluding hydrogens is 246 g/mol. The molecule has 2 aromatic rings. The number of aryl methyl sites for hydroxylation is 1. The summed E-state index contributed by atoms with van der Waals surface area (Å²) in [5, 5.41) is 8.68. The van der Waals surface area contributed by atoms with Crippen LogP contribution >= 0.6 is 15.9 Å². The SMILES string of the molecule is OCCCc1nc2ncc(Br)cc2[nH]1. The molecule has 0 saturated carbocycles. The lowest BCUT2D eigenvalue weighted by Crippen LogP contribution is -1.90. The van der Waals surface area contributed by atoms with Gasteiger partial charge in [0.25, 0.3) is 0 Å². The third kappa shape index (κ3) is 1.93. The van der Waals surface area contributed by atoms with E-state index >= 15 is 0 Å². The first-order valence-corrected chi connectivity index (χ1v) is 5.20. The molecule has 14 heavy (non-hydrogen) atoms. The number of aliphatic hydroxyl groups is 1. The van der Waals surface area contributed by atoms with Crippen LogP contribution in [-0.4, -0.2) is 26.7 Å². The highest BCUT2D eigenvalue weighted by Gasteiger charge is 2.03. The van der Waals surface area contributed by atoms with Crippen molar-refractivity contribution < 1.29 is 5.11 Å². The number of halogens is 1. The van der Waals surface area contributed by atoms with Gasteiger partial charge in [-0.05, 0) is 28.4 Å². The molecule has 0 aromatic carbocycles. The molecular formula is C9H10BrN3O. The highest BCUT2D eigenvalue weighted by atomic mass is 79.9. The van der Waals surface area contributed by atoms with Crippen molar-refractivity contribution in [1.29, 1.82) is 0 Å². The number of rotatable bonds is 3. The van der Waals surface area contributed by atoms with Crippen LogP contribution in [0, 0.1) is 0 Å². The van der Waals surface area contributed by atoms with Crippen molar-refractivity contribution in [2.24, 2.45) is 0 Å². The number of H-pyrrole nitrogens is 1. The lowest BCUT2D eigenvalue weighted by Gasteiger charge is -1.90. The van der Waals surface area contributed by atoms with Gasteiger partial charge in [0.15, 0.2) is 5.65 Å². The quantitative estimate of drug-likeness (QED) is 0.877. The molecule has 74 valence electrons. The van der Waals surface area contributed by atoms with Gasteiger partial charge >= 0.3 is 0 Å². The first kappa shape index (κ1) is 9.61. The minimum Gasteiger partial charge on any atom is -0.396 e. The first-order chi connectivity index (χ1) is 6.79. The number of aliphatic hydroxyl groups excluding tert-OH is 1. The van der Waals surface area contributed by atoms with Gasteiger partial charge in [0.1, 0.15) is 5.82 Å². The monoisotopic (exact) mass is 255 g/mol. The topological polar surface area (TPSA) is 61.8 Å². The standard InChI is InChI=1S/C9H10BrN3O/c10-6-4-7-9(11-5-6)13-8(12-7)2-1-3-14/h4-5,14H,1-3H2,(H,11,12,13). The Bertz CT molecular complexity index is 441. The van der Waals surface area contributed by atoms with Crippen molar-refractivity contribution in [3.63, 3.8) is 0 Å². The number of aromatic nitrogens is 3. The molecule has 5 heteroatoms. The second kappa shape index (κ2) is 4.06. The number of imidazole rings is 1. The maximum atomic E-state index is 8.68. The molecule has 0 saturated heterocycles. The Balaban J connectivity index is 2.32. The number of hydrogen-bond donors (Lipinski definition) is 2. The van der Waals surface area contributed by atoms with Crippen molar-refractivity contribution in [3.05, 3.63) is 22.6 Å². The van der Waals surface area contributed by atoms with Crippen LogP contribution in [0.4, 0.5) is 0 Å². The van der Waals surface area contributed by atoms with E-state index in [0.29, 0.717) is 0 Å². The maximum absolute atomic E-state index is 8.68. The zero-order valence-electron chi connectivity index (χ0n) is 7.50. The Morgan fingerprint density at radius 1 is 1.50 bits per heavy atom. The van der Waals surface area contributed by atoms with Gasteiger partial charge in [-0.1, -0.05) is 0 Å². The number of hydrogen-bond acceptors (Lipinski definition) is 3. The molecule has 2 heterocycles. The molecule has 0 fully saturated rings. The summed E-state index contributed by atoms with van der Waals surface area (Å²) in [6.45, 7) is 0.189. The maximum Gasteiger partial charge on any atom is 0.177 e. The molecule has 0 unspecified atom stereocenters. The molecule has 0 bridgehead atoms. The van der Waals surface area contributed by atoms with Crippen molar-refractivity contribution in [2.75, 3.05) is 6.61 Å². The molecule has 0 radical (unpaired) electrons. The van der Waals surface area contributed by atoms with Crippen molar-refractivity contribution in [1.82, 2.24) is 15.0 Å². The number of pyridine rings is 1. The highest BCUT2D eigenvalue weighted by Crippen LogP contribution is 2.15. The zero-order chi connectivity index (χ0) is 9.97. The Hall–Kier alpha value is -0.940. The van der Waals surface area contributed by atoms with Crippen LogP contribution in [0.25, 0.3) is 11.2 Å². The summed E-state index contributed by atoms with van der Waals surface area (Å²) < 4.78 is 0.933. The van der Waals surface area contributed by atoms with Crippen LogP contribution in [0.1, 0.15) is 12.2 Å². The Morgan fingerprint density at radius 3 is 3.14 bits per heavy atom. The van der Waals surface area contributed by atoms with Gasteiger partial charge in [0.05, 0.1) is 5.52 Å². The van der Waals surface area contributed by atoms with E-state index < -0.39 is 0 Å². The summed E-state index contributed by atoms with van der Waals surface area (Å²) in [4.78, 5) is 11.6. The fraction of sp³-hybridized carbons (Fsp3) is 0.333. The predicted molar refractivity (Wildman–Crippen MR) is 57.0 cm³/mol. The summed E-state index contributed by atoms with van der Waals surface area (Å²) in [5.41, 5.74) is 1.65. The third-order valence-corrected chi connectivity index (χ3v) is 2.36. The van der Waals surface area contributed by atoms with E-state index in [1.54, 1.807) is 6.20 Å². The number of nitrogens with one attached hydrogen (secondary N) is 1. The summed E-state index contributed by atoms with van der Waals surface area (Å²) in [5.74, 6) is 0.875. The fourth-order valence-corrected chi connectivity index (χ4v) is 1.62. The van der Waals surface area contributed by atoms with Gasteiger partial charge in [-0.2, -0.15) is 0 Å². The minimum absolute atomic E-state index is 0.189. The van der Waals surface area contributed by atoms with E-state index in [1.807, 2.05) is 6.07 Å². The van der Waals surface area contributed by atoms with Gasteiger partial charge in [-0.15, -0.1) is 0 Å². The molecule has 0 amide bonds. The largest absolute Gasteiger partial charge is 0.396 e. The van der Waals surface area contributed by atoms with Crippen molar-refractivity contribution >= 4 is 27.1 Å². The van der Waals surface area contributed by atoms with Gasteiger partial charge < -0.3 is 10.1 Å². The fourth-order valence-electron chi connectivity index (χ4n) is 1.29. The number of fused-ring (bicyclic) bond motifs is 1. The zero-order valence-corrected chi connectivity index (χ0v) is 9.08. The van der Waals surface area contributed by atoms with E-state index in [9.17, 15) is 0 Å². The van der Waals surface area contributed by atoms with Crippen LogP contribution < -0.4 is 0 Å². The normalized spacial score (nSPS) is 11.0. The first-order valence-electron chi connectivity index (χ1n) is 4.40. The summed E-state index contributed by atoms with van der Waals surface area (Å²) >= 11 is 3.34. The minimum atomic E-state index is 0.189. The second-order valence-electron chi connectivity index (χ2n) is 3.04. The van der Waals surface area contributed by atoms with Crippen LogP contribution in [-0.2, 0) is 6.42 Å². The van der Waals surface area contributed by atoms with E-state index in [0.717, 1.165) is 34.3 Å². The average Bonchev–Trinajstić information content (AvgIpc) is 2.56. The van der Waals surface area contributed by atoms with Gasteiger partial charge in [-0.3, -0.25) is 0 Å². The Labute approximate surface area is 89.5 Å². The Morgan fingerprint density at radius 2 is 2.36 bits per heavy atom. The van der Waals surface area contributed by atoms with E-state index in [4.69, 9.17) is 5.11 Å². The molecule has 4 nitrogen and oxygen atoms in total. The van der Waals surface area contributed by atoms with Crippen molar-refractivity contribution in [2.45, 2.75) is 12.8 Å². The van der Waals surface area contributed by atoms with Gasteiger partial charge in [0.2, 0.25) is 0 Å². The predicted octanol–water partition coefficient (Wildman–Crippen LogP) is 1.65. The van der Waals surface area contributed by atoms with Crippen LogP contribution in [0.15, 0.2) is 16.7 Å². The average molecular weight is 256 g/mol. The molecule has 2 aromatic heterocycles. The molecule has 0 aliphatic heterocycles. The molecule has 0 atom stereocenters. The van der Waals surface area contributed by atoms with E-state index in [2.05, 4.69) is 30.9 Å².